The second-order valence-corrected chi connectivity index (χ2v) is 12.3. The number of likely N-dealkylation sites (tertiary alicyclic amines) is 1. The molecule has 4 rings (SSSR count). The monoisotopic (exact) mass is 562 g/mol. The Balaban J connectivity index is 1.49. The number of β-amino-alcohol motifs (C(OH)–C–C–N with tert-alkyl or cyclic N) is 1. The number of hydrogen-bond acceptors (Lipinski definition) is 6. The molecular formula is C31H38N4O4S. The lowest BCUT2D eigenvalue weighted by atomic mass is 9.84. The minimum atomic E-state index is -0.820. The Morgan fingerprint density at radius 1 is 1.18 bits per heavy atom. The summed E-state index contributed by atoms with van der Waals surface area (Å²) in [5, 5.41) is 13.4. The molecule has 1 saturated heterocycles. The van der Waals surface area contributed by atoms with Crippen molar-refractivity contribution < 1.29 is 19.5 Å². The molecule has 2 heterocycles. The van der Waals surface area contributed by atoms with Crippen LogP contribution in [-0.2, 0) is 22.7 Å². The predicted molar refractivity (Wildman–Crippen MR) is 160 cm³/mol. The van der Waals surface area contributed by atoms with Gasteiger partial charge >= 0.3 is 0 Å². The molecule has 8 nitrogen and oxygen atoms in total. The van der Waals surface area contributed by atoms with Crippen LogP contribution in [0, 0.1) is 5.41 Å². The number of amides is 3. The van der Waals surface area contributed by atoms with Crippen molar-refractivity contribution in [1.29, 1.82) is 0 Å². The third-order valence-electron chi connectivity index (χ3n) is 7.53. The Morgan fingerprint density at radius 3 is 2.45 bits per heavy atom. The number of thioether (sulfide) groups is 1. The van der Waals surface area contributed by atoms with E-state index in [9.17, 15) is 19.5 Å². The highest BCUT2D eigenvalue weighted by Gasteiger charge is 2.48. The fraction of sp³-hybridized carbons (Fsp3) is 0.419. The summed E-state index contributed by atoms with van der Waals surface area (Å²) in [4.78, 5) is 48.8. The summed E-state index contributed by atoms with van der Waals surface area (Å²) < 4.78 is 0. The van der Waals surface area contributed by atoms with Gasteiger partial charge in [0.2, 0.25) is 11.8 Å². The number of carbonyl (C=O) groups excluding carboxylic acids is 3. The summed E-state index contributed by atoms with van der Waals surface area (Å²) in [6, 6.07) is 13.6. The number of nitrogens with zero attached hydrogens (tertiary/aromatic N) is 3. The van der Waals surface area contributed by atoms with Crippen molar-refractivity contribution in [3.8, 4) is 0 Å². The van der Waals surface area contributed by atoms with Gasteiger partial charge in [-0.15, -0.1) is 11.8 Å². The molecule has 0 unspecified atom stereocenters. The quantitative estimate of drug-likeness (QED) is 0.472. The number of aliphatic imine (C=N–C) groups is 1. The molecule has 9 heteroatoms. The van der Waals surface area contributed by atoms with Gasteiger partial charge in [0.25, 0.3) is 5.91 Å². The Bertz CT molecular complexity index is 1330. The molecule has 0 radical (unpaired) electrons. The maximum absolute atomic E-state index is 14.0. The van der Waals surface area contributed by atoms with E-state index >= 15 is 0 Å². The molecule has 2 aliphatic heterocycles. The topological polar surface area (TPSA) is 102 Å². The summed E-state index contributed by atoms with van der Waals surface area (Å²) in [6.07, 6.45) is 1.32. The van der Waals surface area contributed by atoms with Crippen molar-refractivity contribution in [2.75, 3.05) is 12.8 Å². The van der Waals surface area contributed by atoms with Crippen LogP contribution in [0.1, 0.15) is 61.2 Å². The first-order chi connectivity index (χ1) is 19.0. The highest BCUT2D eigenvalue weighted by atomic mass is 32.2. The first-order valence-corrected chi connectivity index (χ1v) is 14.6. The van der Waals surface area contributed by atoms with Gasteiger partial charge in [0.15, 0.2) is 0 Å². The number of fused-ring (bicyclic) bond motifs is 1. The van der Waals surface area contributed by atoms with Crippen molar-refractivity contribution in [1.82, 2.24) is 15.1 Å². The average Bonchev–Trinajstić information content (AvgIpc) is 3.47. The number of aliphatic hydroxyl groups is 1. The lowest BCUT2D eigenvalue weighted by molar-refractivity contribution is -0.145. The van der Waals surface area contributed by atoms with Crippen LogP contribution in [0.2, 0.25) is 0 Å². The average molecular weight is 563 g/mol. The second kappa shape index (κ2) is 12.0. The molecule has 3 amide bonds. The Kier molecular flexibility index (Phi) is 8.85. The minimum Gasteiger partial charge on any atom is -0.391 e. The highest BCUT2D eigenvalue weighted by molar-refractivity contribution is 8.07. The molecule has 2 aromatic carbocycles. The van der Waals surface area contributed by atoms with E-state index in [1.165, 1.54) is 4.90 Å². The molecule has 0 spiro atoms. The van der Waals surface area contributed by atoms with Crippen LogP contribution in [0.25, 0.3) is 4.91 Å². The molecule has 3 atom stereocenters. The van der Waals surface area contributed by atoms with Gasteiger partial charge in [0.05, 0.1) is 11.8 Å². The molecular weight excluding hydrogens is 524 g/mol. The number of allylic oxidation sites excluding steroid dienone is 1. The van der Waals surface area contributed by atoms with Gasteiger partial charge in [0, 0.05) is 36.5 Å². The molecule has 0 saturated carbocycles. The number of benzene rings is 2. The molecule has 2 N–H and O–H groups in total. The third kappa shape index (κ3) is 6.00. The number of aliphatic hydroxyl groups excluding tert-OH is 1. The molecule has 0 aliphatic carbocycles. The summed E-state index contributed by atoms with van der Waals surface area (Å²) in [5.41, 5.74) is 3.68. The fourth-order valence-corrected chi connectivity index (χ4v) is 6.28. The van der Waals surface area contributed by atoms with Crippen LogP contribution in [0.3, 0.4) is 0 Å². The van der Waals surface area contributed by atoms with Gasteiger partial charge in [0.1, 0.15) is 12.1 Å². The van der Waals surface area contributed by atoms with Gasteiger partial charge < -0.3 is 20.2 Å². The van der Waals surface area contributed by atoms with E-state index in [0.717, 1.165) is 27.3 Å². The van der Waals surface area contributed by atoms with E-state index < -0.39 is 23.6 Å². The fourth-order valence-electron chi connectivity index (χ4n) is 5.55. The Hall–Kier alpha value is -3.43. The zero-order chi connectivity index (χ0) is 29.2. The summed E-state index contributed by atoms with van der Waals surface area (Å²) in [7, 11) is 0. The summed E-state index contributed by atoms with van der Waals surface area (Å²) >= 11 is 1.60. The normalized spacial score (nSPS) is 20.2. The summed E-state index contributed by atoms with van der Waals surface area (Å²) in [5.74, 6) is -0.835. The van der Waals surface area contributed by atoms with Gasteiger partial charge in [-0.05, 0) is 48.1 Å². The molecule has 2 aromatic rings. The molecule has 1 fully saturated rings. The maximum Gasteiger partial charge on any atom is 0.255 e. The Labute approximate surface area is 240 Å². The van der Waals surface area contributed by atoms with E-state index in [1.807, 2.05) is 76.4 Å². The van der Waals surface area contributed by atoms with E-state index in [4.69, 9.17) is 0 Å². The first-order valence-electron chi connectivity index (χ1n) is 13.4. The van der Waals surface area contributed by atoms with E-state index in [1.54, 1.807) is 22.7 Å². The van der Waals surface area contributed by atoms with Crippen molar-refractivity contribution in [3.63, 3.8) is 0 Å². The van der Waals surface area contributed by atoms with Crippen molar-refractivity contribution in [2.45, 2.75) is 65.4 Å². The molecule has 2 aliphatic rings. The summed E-state index contributed by atoms with van der Waals surface area (Å²) in [6.45, 7) is 11.9. The second-order valence-electron chi connectivity index (χ2n) is 11.4. The zero-order valence-corrected chi connectivity index (χ0v) is 24.6. The van der Waals surface area contributed by atoms with Gasteiger partial charge in [-0.2, -0.15) is 0 Å². The zero-order valence-electron chi connectivity index (χ0n) is 23.8. The maximum atomic E-state index is 14.0. The van der Waals surface area contributed by atoms with Crippen LogP contribution < -0.4 is 5.32 Å². The molecule has 0 aromatic heterocycles. The van der Waals surface area contributed by atoms with Gasteiger partial charge in [-0.25, -0.2) is 0 Å². The smallest absolute Gasteiger partial charge is 0.255 e. The Morgan fingerprint density at radius 2 is 1.85 bits per heavy atom. The van der Waals surface area contributed by atoms with E-state index in [2.05, 4.69) is 17.0 Å². The highest BCUT2D eigenvalue weighted by Crippen LogP contribution is 2.35. The van der Waals surface area contributed by atoms with E-state index in [-0.39, 0.29) is 37.2 Å². The van der Waals surface area contributed by atoms with Gasteiger partial charge in [-0.1, -0.05) is 63.2 Å². The van der Waals surface area contributed by atoms with Crippen LogP contribution in [0.5, 0.6) is 0 Å². The van der Waals surface area contributed by atoms with Crippen LogP contribution in [0.4, 0.5) is 0 Å². The molecule has 212 valence electrons. The predicted octanol–water partition coefficient (Wildman–Crippen LogP) is 4.09. The standard InChI is InChI=1S/C31H38N4O4S/c1-19(32-5)26(40-6)21-13-11-20(12-14-21)16-33-28(37)25-15-23(36)18-34(25)30(39)27(31(2,3)4)35-17-22-9-7-8-10-24(22)29(35)38/h7-14,23,25,27,36H,5,15-18H2,1-4,6H3,(H,33,37)/b26-19-/t23-,25+,27-/m1/s1. The number of rotatable bonds is 8. The van der Waals surface area contributed by atoms with Crippen molar-refractivity contribution in [3.05, 3.63) is 76.5 Å². The van der Waals surface area contributed by atoms with Crippen LogP contribution >= 0.6 is 11.8 Å². The lowest BCUT2D eigenvalue weighted by Crippen LogP contribution is -2.57. The lowest BCUT2D eigenvalue weighted by Gasteiger charge is -2.40. The minimum absolute atomic E-state index is 0.0493. The van der Waals surface area contributed by atoms with Crippen LogP contribution in [-0.4, -0.2) is 70.3 Å². The third-order valence-corrected chi connectivity index (χ3v) is 8.47. The molecule has 40 heavy (non-hydrogen) atoms. The van der Waals surface area contributed by atoms with Crippen molar-refractivity contribution in [2.24, 2.45) is 10.4 Å². The van der Waals surface area contributed by atoms with Crippen LogP contribution in [0.15, 0.2) is 59.2 Å². The largest absolute Gasteiger partial charge is 0.391 e. The SMILES string of the molecule is C=N/C(C)=C(\SC)c1ccc(CNC(=O)[C@@H]2C[C@@H](O)CN2C(=O)[C@@H](N2Cc3ccccc3C2=O)C(C)(C)C)cc1. The first kappa shape index (κ1) is 29.6. The molecule has 0 bridgehead atoms. The van der Waals surface area contributed by atoms with Gasteiger partial charge in [-0.3, -0.25) is 19.4 Å². The number of hydrogen-bond donors (Lipinski definition) is 2. The van der Waals surface area contributed by atoms with E-state index in [0.29, 0.717) is 12.1 Å². The van der Waals surface area contributed by atoms with Crippen molar-refractivity contribution >= 4 is 41.1 Å². The number of nitrogens with one attached hydrogen (secondary N) is 1. The number of carbonyl (C=O) groups is 3.